The van der Waals surface area contributed by atoms with Crippen LogP contribution in [0.25, 0.3) is 0 Å². The van der Waals surface area contributed by atoms with Gasteiger partial charge in [0.15, 0.2) is 0 Å². The molecule has 0 aliphatic carbocycles. The lowest BCUT2D eigenvalue weighted by molar-refractivity contribution is 0.544. The van der Waals surface area contributed by atoms with Crippen LogP contribution in [0.4, 0.5) is 0 Å². The second kappa shape index (κ2) is 5.38. The number of hydrogen-bond acceptors (Lipinski definition) is 1. The molecule has 0 bridgehead atoms. The normalized spacial score (nSPS) is 12.9. The average Bonchev–Trinajstić information content (AvgIpc) is 2.19. The van der Waals surface area contributed by atoms with Crippen molar-refractivity contribution in [3.63, 3.8) is 0 Å². The summed E-state index contributed by atoms with van der Waals surface area (Å²) in [7, 11) is 0. The lowest BCUT2D eigenvalue weighted by atomic mass is 10.0. The molecule has 0 amide bonds. The van der Waals surface area contributed by atoms with Gasteiger partial charge in [0.1, 0.15) is 0 Å². The smallest absolute Gasteiger partial charge is 0.0435 e. The van der Waals surface area contributed by atoms with Crippen LogP contribution in [0, 0.1) is 12.8 Å². The van der Waals surface area contributed by atoms with Crippen LogP contribution in [0.2, 0.25) is 5.02 Å². The Bertz CT molecular complexity index is 296. The van der Waals surface area contributed by atoms with Crippen molar-refractivity contribution in [2.75, 3.05) is 6.54 Å². The Hall–Kier alpha value is -0.530. The van der Waals surface area contributed by atoms with E-state index in [1.54, 1.807) is 0 Å². The highest BCUT2D eigenvalue weighted by atomic mass is 35.5. The molecule has 1 nitrogen and oxygen atoms in total. The molecule has 14 heavy (non-hydrogen) atoms. The fourth-order valence-corrected chi connectivity index (χ4v) is 1.51. The number of nitrogens with two attached hydrogens (primary N) is 1. The molecule has 1 atom stereocenters. The van der Waals surface area contributed by atoms with Gasteiger partial charge < -0.3 is 5.73 Å². The van der Waals surface area contributed by atoms with Crippen LogP contribution in [0.3, 0.4) is 0 Å². The molecular weight excluding hydrogens is 194 g/mol. The standard InChI is InChI=1S/C12H18ClN/c1-9(8-14)3-4-11-5-6-12(13)10(2)7-11/h5-7,9H,3-4,8,14H2,1-2H3. The second-order valence-electron chi connectivity index (χ2n) is 3.96. The highest BCUT2D eigenvalue weighted by molar-refractivity contribution is 6.31. The second-order valence-corrected chi connectivity index (χ2v) is 4.37. The van der Waals surface area contributed by atoms with Gasteiger partial charge in [-0.3, -0.25) is 0 Å². The molecule has 1 aromatic carbocycles. The zero-order valence-corrected chi connectivity index (χ0v) is 9.64. The Balaban J connectivity index is 2.55. The van der Waals surface area contributed by atoms with E-state index in [4.69, 9.17) is 17.3 Å². The van der Waals surface area contributed by atoms with Crippen molar-refractivity contribution in [1.29, 1.82) is 0 Å². The van der Waals surface area contributed by atoms with Crippen LogP contribution in [0.5, 0.6) is 0 Å². The minimum Gasteiger partial charge on any atom is -0.330 e. The molecule has 1 unspecified atom stereocenters. The van der Waals surface area contributed by atoms with Gasteiger partial charge in [-0.25, -0.2) is 0 Å². The molecule has 0 aliphatic rings. The molecular formula is C12H18ClN. The van der Waals surface area contributed by atoms with E-state index in [1.807, 2.05) is 13.0 Å². The predicted molar refractivity (Wildman–Crippen MR) is 62.7 cm³/mol. The van der Waals surface area contributed by atoms with Crippen molar-refractivity contribution in [2.24, 2.45) is 11.7 Å². The number of rotatable bonds is 4. The van der Waals surface area contributed by atoms with Crippen LogP contribution in [-0.2, 0) is 6.42 Å². The van der Waals surface area contributed by atoms with Gasteiger partial charge in [0.05, 0.1) is 0 Å². The topological polar surface area (TPSA) is 26.0 Å². The van der Waals surface area contributed by atoms with Crippen LogP contribution < -0.4 is 5.73 Å². The molecule has 0 fully saturated rings. The van der Waals surface area contributed by atoms with E-state index >= 15 is 0 Å². The average molecular weight is 212 g/mol. The minimum atomic E-state index is 0.603. The number of hydrogen-bond donors (Lipinski definition) is 1. The van der Waals surface area contributed by atoms with Gasteiger partial charge in [0.2, 0.25) is 0 Å². The maximum absolute atomic E-state index is 5.95. The predicted octanol–water partition coefficient (Wildman–Crippen LogP) is 3.18. The zero-order chi connectivity index (χ0) is 10.6. The summed E-state index contributed by atoms with van der Waals surface area (Å²) in [5, 5.41) is 0.848. The number of benzene rings is 1. The molecule has 0 spiro atoms. The van der Waals surface area contributed by atoms with Crippen molar-refractivity contribution in [3.05, 3.63) is 34.3 Å². The van der Waals surface area contributed by atoms with E-state index in [0.717, 1.165) is 30.0 Å². The molecule has 0 saturated carbocycles. The third-order valence-corrected chi connectivity index (χ3v) is 2.97. The fraction of sp³-hybridized carbons (Fsp3) is 0.500. The molecule has 0 aromatic heterocycles. The first kappa shape index (κ1) is 11.5. The highest BCUT2D eigenvalue weighted by Crippen LogP contribution is 2.18. The molecule has 2 heteroatoms. The van der Waals surface area contributed by atoms with Gasteiger partial charge >= 0.3 is 0 Å². The fourth-order valence-electron chi connectivity index (χ4n) is 1.39. The number of halogens is 1. The third kappa shape index (κ3) is 3.32. The maximum atomic E-state index is 5.95. The van der Waals surface area contributed by atoms with Crippen molar-refractivity contribution in [3.8, 4) is 0 Å². The summed E-state index contributed by atoms with van der Waals surface area (Å²) in [4.78, 5) is 0. The lowest BCUT2D eigenvalue weighted by Crippen LogP contribution is -2.11. The highest BCUT2D eigenvalue weighted by Gasteiger charge is 2.01. The number of aryl methyl sites for hydroxylation is 2. The quantitative estimate of drug-likeness (QED) is 0.814. The van der Waals surface area contributed by atoms with Gasteiger partial charge in [-0.1, -0.05) is 30.7 Å². The summed E-state index contributed by atoms with van der Waals surface area (Å²) < 4.78 is 0. The lowest BCUT2D eigenvalue weighted by Gasteiger charge is -2.08. The SMILES string of the molecule is Cc1cc(CCC(C)CN)ccc1Cl. The van der Waals surface area contributed by atoms with Gasteiger partial charge in [0, 0.05) is 5.02 Å². The Kier molecular flexibility index (Phi) is 4.43. The summed E-state index contributed by atoms with van der Waals surface area (Å²) in [6.45, 7) is 4.99. The molecule has 0 aliphatic heterocycles. The van der Waals surface area contributed by atoms with Gasteiger partial charge in [0.25, 0.3) is 0 Å². The van der Waals surface area contributed by atoms with E-state index < -0.39 is 0 Å². The van der Waals surface area contributed by atoms with Crippen molar-refractivity contribution >= 4 is 11.6 Å². The van der Waals surface area contributed by atoms with Crippen LogP contribution in [0.15, 0.2) is 18.2 Å². The largest absolute Gasteiger partial charge is 0.330 e. The first-order chi connectivity index (χ1) is 6.63. The summed E-state index contributed by atoms with van der Waals surface area (Å²) in [6, 6.07) is 6.23. The first-order valence-electron chi connectivity index (χ1n) is 5.08. The zero-order valence-electron chi connectivity index (χ0n) is 8.89. The molecule has 1 aromatic rings. The Morgan fingerprint density at radius 3 is 2.71 bits per heavy atom. The van der Waals surface area contributed by atoms with Crippen LogP contribution >= 0.6 is 11.6 Å². The maximum Gasteiger partial charge on any atom is 0.0435 e. The van der Waals surface area contributed by atoms with Gasteiger partial charge in [-0.05, 0) is 49.4 Å². The molecule has 0 heterocycles. The van der Waals surface area contributed by atoms with Gasteiger partial charge in [-0.15, -0.1) is 0 Å². The van der Waals surface area contributed by atoms with E-state index in [1.165, 1.54) is 5.56 Å². The van der Waals surface area contributed by atoms with Crippen LogP contribution in [-0.4, -0.2) is 6.54 Å². The molecule has 0 radical (unpaired) electrons. The van der Waals surface area contributed by atoms with Crippen LogP contribution in [0.1, 0.15) is 24.5 Å². The van der Waals surface area contributed by atoms with Crippen molar-refractivity contribution in [2.45, 2.75) is 26.7 Å². The summed E-state index contributed by atoms with van der Waals surface area (Å²) in [6.07, 6.45) is 2.24. The van der Waals surface area contributed by atoms with Gasteiger partial charge in [-0.2, -0.15) is 0 Å². The Morgan fingerprint density at radius 2 is 2.14 bits per heavy atom. The monoisotopic (exact) mass is 211 g/mol. The summed E-state index contributed by atoms with van der Waals surface area (Å²) in [5.74, 6) is 0.603. The molecule has 2 N–H and O–H groups in total. The molecule has 78 valence electrons. The van der Waals surface area contributed by atoms with E-state index in [9.17, 15) is 0 Å². The third-order valence-electron chi connectivity index (χ3n) is 2.55. The first-order valence-corrected chi connectivity index (χ1v) is 5.46. The summed E-state index contributed by atoms with van der Waals surface area (Å²) >= 11 is 5.95. The molecule has 0 saturated heterocycles. The summed E-state index contributed by atoms with van der Waals surface area (Å²) in [5.41, 5.74) is 8.08. The Morgan fingerprint density at radius 1 is 1.43 bits per heavy atom. The van der Waals surface area contributed by atoms with Crippen molar-refractivity contribution in [1.82, 2.24) is 0 Å². The van der Waals surface area contributed by atoms with E-state index in [0.29, 0.717) is 5.92 Å². The Labute approximate surface area is 91.3 Å². The molecule has 1 rings (SSSR count). The van der Waals surface area contributed by atoms with E-state index in [-0.39, 0.29) is 0 Å². The van der Waals surface area contributed by atoms with Crippen molar-refractivity contribution < 1.29 is 0 Å². The van der Waals surface area contributed by atoms with E-state index in [2.05, 4.69) is 19.1 Å². The minimum absolute atomic E-state index is 0.603.